The van der Waals surface area contributed by atoms with E-state index >= 15 is 0 Å². The molecule has 0 fully saturated rings. The Morgan fingerprint density at radius 1 is 0.767 bits per heavy atom. The van der Waals surface area contributed by atoms with Crippen molar-refractivity contribution in [1.29, 1.82) is 0 Å². The smallest absolute Gasteiger partial charge is 0.255 e. The molecule has 0 bridgehead atoms. The molecule has 0 saturated carbocycles. The number of amides is 1. The van der Waals surface area contributed by atoms with Crippen molar-refractivity contribution >= 4 is 29.9 Å². The number of carbonyl (C=O) groups excluding carboxylic acids is 1. The molecule has 0 heterocycles. The number of fused-ring (bicyclic) bond motifs is 1. The highest BCUT2D eigenvalue weighted by atomic mass is 28.3. The van der Waals surface area contributed by atoms with Gasteiger partial charge in [-0.1, -0.05) is 91.9 Å². The van der Waals surface area contributed by atoms with Gasteiger partial charge in [-0.25, -0.2) is 0 Å². The fourth-order valence-corrected chi connectivity index (χ4v) is 7.16. The van der Waals surface area contributed by atoms with Gasteiger partial charge in [-0.15, -0.1) is 0 Å². The lowest BCUT2D eigenvalue weighted by Crippen LogP contribution is -2.48. The van der Waals surface area contributed by atoms with E-state index in [1.54, 1.807) is 0 Å². The first kappa shape index (κ1) is 22.3. The summed E-state index contributed by atoms with van der Waals surface area (Å²) < 4.78 is 0. The first-order chi connectivity index (χ1) is 14.2. The first-order valence-electron chi connectivity index (χ1n) is 11.1. The van der Waals surface area contributed by atoms with Crippen molar-refractivity contribution in [3.05, 3.63) is 77.9 Å². The van der Waals surface area contributed by atoms with Crippen LogP contribution in [0.1, 0.15) is 56.1 Å². The summed E-state index contributed by atoms with van der Waals surface area (Å²) in [6.45, 7) is 15.6. The predicted octanol–water partition coefficient (Wildman–Crippen LogP) is 6.36. The lowest BCUT2D eigenvalue weighted by atomic mass is 9.95. The van der Waals surface area contributed by atoms with Gasteiger partial charge in [0, 0.05) is 12.1 Å². The molecule has 2 nitrogen and oxygen atoms in total. The molecule has 158 valence electrons. The summed E-state index contributed by atoms with van der Waals surface area (Å²) >= 11 is 0. The van der Waals surface area contributed by atoms with Crippen LogP contribution in [0.15, 0.2) is 66.7 Å². The van der Waals surface area contributed by atoms with Crippen LogP contribution in [0.3, 0.4) is 0 Å². The van der Waals surface area contributed by atoms with Crippen LogP contribution in [0.2, 0.25) is 13.1 Å². The highest BCUT2D eigenvalue weighted by molar-refractivity contribution is 6.90. The number of hydrogen-bond donors (Lipinski definition) is 0. The lowest BCUT2D eigenvalue weighted by Gasteiger charge is -2.35. The average Bonchev–Trinajstić information content (AvgIpc) is 2.72. The molecule has 3 aromatic carbocycles. The van der Waals surface area contributed by atoms with Gasteiger partial charge in [0.25, 0.3) is 5.91 Å². The summed E-state index contributed by atoms with van der Waals surface area (Å²) in [5.74, 6) is 0.150. The molecule has 1 amide bonds. The zero-order valence-electron chi connectivity index (χ0n) is 19.4. The van der Waals surface area contributed by atoms with Gasteiger partial charge in [0.1, 0.15) is 0 Å². The highest BCUT2D eigenvalue weighted by Crippen LogP contribution is 2.34. The number of nitrogens with zero attached hydrogens (tertiary/aromatic N) is 1. The number of hydrogen-bond acceptors (Lipinski definition) is 1. The summed E-state index contributed by atoms with van der Waals surface area (Å²) in [4.78, 5) is 16.0. The van der Waals surface area contributed by atoms with Gasteiger partial charge in [-0.05, 0) is 49.6 Å². The van der Waals surface area contributed by atoms with E-state index in [1.807, 2.05) is 17.0 Å². The Kier molecular flexibility index (Phi) is 6.52. The molecule has 0 radical (unpaired) electrons. The molecule has 0 spiro atoms. The van der Waals surface area contributed by atoms with E-state index in [4.69, 9.17) is 0 Å². The summed E-state index contributed by atoms with van der Waals surface area (Å²) in [6.07, 6.45) is 0. The maximum atomic E-state index is 14.0. The topological polar surface area (TPSA) is 20.3 Å². The minimum absolute atomic E-state index is 0.150. The molecule has 0 aliphatic heterocycles. The van der Waals surface area contributed by atoms with Gasteiger partial charge in [-0.3, -0.25) is 4.79 Å². The molecule has 30 heavy (non-hydrogen) atoms. The quantitative estimate of drug-likeness (QED) is 0.428. The molecule has 3 aromatic rings. The van der Waals surface area contributed by atoms with Gasteiger partial charge in [-0.2, -0.15) is 0 Å². The molecule has 0 aliphatic rings. The molecular formula is C27H35NOSi. The standard InChI is InChI=1S/C27H35NOSi/c1-19(2)28(20(3)4)27(29)26-24(18-17-22-13-11-12-16-25(22)26)21(5)30(6,7)23-14-9-8-10-15-23/h8-21H,1-7H3/t21-/m0/s1. The van der Waals surface area contributed by atoms with E-state index in [1.165, 1.54) is 10.8 Å². The van der Waals surface area contributed by atoms with Crippen molar-refractivity contribution in [2.75, 3.05) is 0 Å². The zero-order chi connectivity index (χ0) is 22.1. The van der Waals surface area contributed by atoms with Crippen LogP contribution < -0.4 is 5.19 Å². The van der Waals surface area contributed by atoms with E-state index < -0.39 is 8.07 Å². The van der Waals surface area contributed by atoms with Crippen LogP contribution in [0, 0.1) is 0 Å². The minimum Gasteiger partial charge on any atom is -0.334 e. The molecule has 0 saturated heterocycles. The Morgan fingerprint density at radius 3 is 1.93 bits per heavy atom. The molecule has 3 rings (SSSR count). The molecule has 0 unspecified atom stereocenters. The molecule has 0 N–H and O–H groups in total. The van der Waals surface area contributed by atoms with Gasteiger partial charge in [0.15, 0.2) is 0 Å². The van der Waals surface area contributed by atoms with Gasteiger partial charge in [0.2, 0.25) is 0 Å². The maximum absolute atomic E-state index is 14.0. The molecule has 1 atom stereocenters. The Balaban J connectivity index is 2.23. The van der Waals surface area contributed by atoms with Crippen LogP contribution in [-0.4, -0.2) is 31.0 Å². The summed E-state index contributed by atoms with van der Waals surface area (Å²) in [7, 11) is -1.85. The first-order valence-corrected chi connectivity index (χ1v) is 14.1. The molecule has 3 heteroatoms. The third-order valence-electron chi connectivity index (χ3n) is 6.59. The second-order valence-electron chi connectivity index (χ2n) is 9.46. The van der Waals surface area contributed by atoms with Crippen LogP contribution >= 0.6 is 0 Å². The minimum atomic E-state index is -1.85. The third kappa shape index (κ3) is 4.09. The zero-order valence-corrected chi connectivity index (χ0v) is 20.4. The lowest BCUT2D eigenvalue weighted by molar-refractivity contribution is 0.0644. The Bertz CT molecular complexity index is 1020. The average molecular weight is 418 g/mol. The largest absolute Gasteiger partial charge is 0.334 e. The highest BCUT2D eigenvalue weighted by Gasteiger charge is 2.35. The molecule has 0 aliphatic carbocycles. The fourth-order valence-electron chi connectivity index (χ4n) is 4.59. The van der Waals surface area contributed by atoms with E-state index in [2.05, 4.69) is 102 Å². The monoisotopic (exact) mass is 417 g/mol. The van der Waals surface area contributed by atoms with Crippen molar-refractivity contribution in [3.63, 3.8) is 0 Å². The van der Waals surface area contributed by atoms with Crippen molar-refractivity contribution < 1.29 is 4.79 Å². The van der Waals surface area contributed by atoms with Crippen LogP contribution in [0.4, 0.5) is 0 Å². The second-order valence-corrected chi connectivity index (χ2v) is 14.3. The van der Waals surface area contributed by atoms with E-state index in [0.29, 0.717) is 5.54 Å². The third-order valence-corrected chi connectivity index (χ3v) is 10.9. The second kappa shape index (κ2) is 8.77. The summed E-state index contributed by atoms with van der Waals surface area (Å²) in [5.41, 5.74) is 2.38. The predicted molar refractivity (Wildman–Crippen MR) is 132 cm³/mol. The Hall–Kier alpha value is -2.39. The molecular weight excluding hydrogens is 382 g/mol. The number of rotatable bonds is 6. The van der Waals surface area contributed by atoms with Crippen LogP contribution in [0.25, 0.3) is 10.8 Å². The van der Waals surface area contributed by atoms with E-state index in [9.17, 15) is 4.79 Å². The SMILES string of the molecule is CC(C)N(C(=O)c1c([C@H](C)[Si](C)(C)c2ccccc2)ccc2ccccc12)C(C)C. The summed E-state index contributed by atoms with van der Waals surface area (Å²) in [6, 6.07) is 23.8. The normalized spacial score (nSPS) is 13.1. The van der Waals surface area contributed by atoms with Crippen molar-refractivity contribution in [3.8, 4) is 0 Å². The van der Waals surface area contributed by atoms with E-state index in [0.717, 1.165) is 16.3 Å². The van der Waals surface area contributed by atoms with Crippen molar-refractivity contribution in [2.24, 2.45) is 0 Å². The van der Waals surface area contributed by atoms with Crippen LogP contribution in [0.5, 0.6) is 0 Å². The fraction of sp³-hybridized carbons (Fsp3) is 0.370. The van der Waals surface area contributed by atoms with Crippen molar-refractivity contribution in [1.82, 2.24) is 4.90 Å². The Morgan fingerprint density at radius 2 is 1.33 bits per heavy atom. The summed E-state index contributed by atoms with van der Waals surface area (Å²) in [5, 5.41) is 3.62. The van der Waals surface area contributed by atoms with Gasteiger partial charge >= 0.3 is 0 Å². The van der Waals surface area contributed by atoms with E-state index in [-0.39, 0.29) is 18.0 Å². The van der Waals surface area contributed by atoms with Crippen LogP contribution in [-0.2, 0) is 0 Å². The maximum Gasteiger partial charge on any atom is 0.255 e. The molecule has 0 aromatic heterocycles. The van der Waals surface area contributed by atoms with Gasteiger partial charge < -0.3 is 4.90 Å². The number of carbonyl (C=O) groups is 1. The number of benzene rings is 3. The van der Waals surface area contributed by atoms with Gasteiger partial charge in [0.05, 0.1) is 13.6 Å². The Labute approximate surface area is 182 Å². The van der Waals surface area contributed by atoms with Crippen molar-refractivity contribution in [2.45, 2.75) is 65.3 Å².